The molecule has 28 heavy (non-hydrogen) atoms. The van der Waals surface area contributed by atoms with Crippen LogP contribution in [0.25, 0.3) is 5.57 Å². The van der Waals surface area contributed by atoms with E-state index in [4.69, 9.17) is 0 Å². The van der Waals surface area contributed by atoms with Crippen molar-refractivity contribution in [1.29, 1.82) is 0 Å². The minimum Gasteiger partial charge on any atom is -0.478 e. The van der Waals surface area contributed by atoms with Crippen LogP contribution in [0.5, 0.6) is 0 Å². The Kier molecular flexibility index (Phi) is 5.85. The van der Waals surface area contributed by atoms with Gasteiger partial charge in [-0.25, -0.2) is 4.79 Å². The molecule has 2 aromatic rings. The van der Waals surface area contributed by atoms with Gasteiger partial charge >= 0.3 is 5.97 Å². The summed E-state index contributed by atoms with van der Waals surface area (Å²) in [7, 11) is 0. The van der Waals surface area contributed by atoms with Crippen molar-refractivity contribution in [3.05, 3.63) is 88.5 Å². The zero-order chi connectivity index (χ0) is 20.1. The van der Waals surface area contributed by atoms with Gasteiger partial charge in [-0.3, -0.25) is 0 Å². The smallest absolute Gasteiger partial charge is 0.336 e. The first kappa shape index (κ1) is 19.7. The highest BCUT2D eigenvalue weighted by atomic mass is 16.4. The first-order valence-corrected chi connectivity index (χ1v) is 9.69. The van der Waals surface area contributed by atoms with Crippen LogP contribution in [0.4, 0.5) is 0 Å². The topological polar surface area (TPSA) is 37.3 Å². The molecule has 0 aromatic heterocycles. The summed E-state index contributed by atoms with van der Waals surface area (Å²) in [5, 5.41) is 9.28. The second-order valence-electron chi connectivity index (χ2n) is 7.95. The van der Waals surface area contributed by atoms with Crippen LogP contribution in [0, 0.1) is 24.2 Å². The van der Waals surface area contributed by atoms with Crippen molar-refractivity contribution in [2.75, 3.05) is 0 Å². The van der Waals surface area contributed by atoms with Crippen LogP contribution in [-0.4, -0.2) is 11.1 Å². The standard InChI is InChI=1S/C26H26O2/c1-19-14-16-21(17-15-19)22-12-8-18-26(2,3)24(22)13-7-5-10-20-9-4-6-11-23(20)25(27)28/h4,6-7,9,11,13-17H,8,12,18H2,1-3H3,(H,27,28)/b13-7+. The number of aryl methyl sites for hydroxylation is 1. The van der Waals surface area contributed by atoms with E-state index in [9.17, 15) is 9.90 Å². The van der Waals surface area contributed by atoms with E-state index in [2.05, 4.69) is 63.0 Å². The van der Waals surface area contributed by atoms with Crippen LogP contribution < -0.4 is 0 Å². The van der Waals surface area contributed by atoms with Gasteiger partial charge in [-0.2, -0.15) is 0 Å². The average molecular weight is 370 g/mol. The van der Waals surface area contributed by atoms with E-state index in [1.807, 2.05) is 12.1 Å². The maximum absolute atomic E-state index is 11.3. The number of rotatable bonds is 3. The third-order valence-electron chi connectivity index (χ3n) is 5.38. The van der Waals surface area contributed by atoms with E-state index in [0.29, 0.717) is 5.56 Å². The van der Waals surface area contributed by atoms with Crippen molar-refractivity contribution in [3.8, 4) is 11.8 Å². The van der Waals surface area contributed by atoms with E-state index in [1.165, 1.54) is 28.7 Å². The van der Waals surface area contributed by atoms with Crippen molar-refractivity contribution in [2.45, 2.75) is 40.0 Å². The molecule has 0 amide bonds. The quantitative estimate of drug-likeness (QED) is 0.647. The lowest BCUT2D eigenvalue weighted by Crippen LogP contribution is -2.19. The number of aromatic carboxylic acids is 1. The normalized spacial score (nSPS) is 16.0. The summed E-state index contributed by atoms with van der Waals surface area (Å²) >= 11 is 0. The second kappa shape index (κ2) is 8.31. The van der Waals surface area contributed by atoms with E-state index < -0.39 is 5.97 Å². The first-order valence-electron chi connectivity index (χ1n) is 9.69. The molecule has 0 fully saturated rings. The Balaban J connectivity index is 1.96. The Hall–Kier alpha value is -3.05. The largest absolute Gasteiger partial charge is 0.478 e. The highest BCUT2D eigenvalue weighted by Crippen LogP contribution is 2.44. The molecule has 142 valence electrons. The van der Waals surface area contributed by atoms with Crippen molar-refractivity contribution >= 4 is 11.5 Å². The first-order chi connectivity index (χ1) is 13.4. The number of carboxylic acid groups (broad SMARTS) is 1. The molecule has 0 bridgehead atoms. The molecule has 0 atom stereocenters. The Labute approximate surface area is 167 Å². The number of hydrogen-bond donors (Lipinski definition) is 1. The maximum Gasteiger partial charge on any atom is 0.336 e. The molecule has 2 aromatic carbocycles. The molecule has 2 nitrogen and oxygen atoms in total. The molecule has 3 rings (SSSR count). The second-order valence-corrected chi connectivity index (χ2v) is 7.95. The van der Waals surface area contributed by atoms with Crippen molar-refractivity contribution in [1.82, 2.24) is 0 Å². The molecule has 0 saturated carbocycles. The molecule has 1 N–H and O–H groups in total. The lowest BCUT2D eigenvalue weighted by molar-refractivity contribution is 0.0696. The molecule has 2 heteroatoms. The summed E-state index contributed by atoms with van der Waals surface area (Å²) in [6, 6.07) is 15.6. The van der Waals surface area contributed by atoms with Crippen molar-refractivity contribution in [2.24, 2.45) is 5.41 Å². The van der Waals surface area contributed by atoms with Gasteiger partial charge in [0.1, 0.15) is 0 Å². The monoisotopic (exact) mass is 370 g/mol. The van der Waals surface area contributed by atoms with Gasteiger partial charge in [0, 0.05) is 5.56 Å². The van der Waals surface area contributed by atoms with E-state index in [1.54, 1.807) is 18.2 Å². The summed E-state index contributed by atoms with van der Waals surface area (Å²) in [6.45, 7) is 6.68. The van der Waals surface area contributed by atoms with Gasteiger partial charge in [-0.05, 0) is 72.6 Å². The van der Waals surface area contributed by atoms with Crippen molar-refractivity contribution < 1.29 is 9.90 Å². The van der Waals surface area contributed by atoms with Crippen LogP contribution in [-0.2, 0) is 0 Å². The number of carboxylic acids is 1. The van der Waals surface area contributed by atoms with Crippen LogP contribution in [0.2, 0.25) is 0 Å². The Morgan fingerprint density at radius 2 is 1.82 bits per heavy atom. The predicted octanol–water partition coefficient (Wildman–Crippen LogP) is 6.26. The van der Waals surface area contributed by atoms with Gasteiger partial charge in [0.2, 0.25) is 0 Å². The fourth-order valence-electron chi connectivity index (χ4n) is 3.79. The molecular weight excluding hydrogens is 344 g/mol. The van der Waals surface area contributed by atoms with Crippen LogP contribution >= 0.6 is 0 Å². The van der Waals surface area contributed by atoms with Crippen molar-refractivity contribution in [3.63, 3.8) is 0 Å². The molecule has 0 heterocycles. The number of carbonyl (C=O) groups is 1. The summed E-state index contributed by atoms with van der Waals surface area (Å²) in [4.78, 5) is 11.3. The summed E-state index contributed by atoms with van der Waals surface area (Å²) in [6.07, 6.45) is 7.38. The van der Waals surface area contributed by atoms with E-state index >= 15 is 0 Å². The third-order valence-corrected chi connectivity index (χ3v) is 5.38. The fraction of sp³-hybridized carbons (Fsp3) is 0.269. The lowest BCUT2D eigenvalue weighted by atomic mass is 9.71. The van der Waals surface area contributed by atoms with Crippen LogP contribution in [0.3, 0.4) is 0 Å². The zero-order valence-electron chi connectivity index (χ0n) is 16.8. The highest BCUT2D eigenvalue weighted by molar-refractivity contribution is 5.90. The van der Waals surface area contributed by atoms with Crippen LogP contribution in [0.1, 0.15) is 60.2 Å². The van der Waals surface area contributed by atoms with E-state index in [-0.39, 0.29) is 11.0 Å². The lowest BCUT2D eigenvalue weighted by Gasteiger charge is -2.34. The number of hydrogen-bond acceptors (Lipinski definition) is 1. The van der Waals surface area contributed by atoms with Gasteiger partial charge in [0.15, 0.2) is 0 Å². The van der Waals surface area contributed by atoms with Gasteiger partial charge in [0.05, 0.1) is 5.56 Å². The predicted molar refractivity (Wildman–Crippen MR) is 115 cm³/mol. The summed E-state index contributed by atoms with van der Waals surface area (Å²) < 4.78 is 0. The summed E-state index contributed by atoms with van der Waals surface area (Å²) in [5.41, 5.74) is 6.12. The number of benzene rings is 2. The number of allylic oxidation sites excluding steroid dienone is 4. The van der Waals surface area contributed by atoms with E-state index in [0.717, 1.165) is 12.8 Å². The third kappa shape index (κ3) is 4.43. The average Bonchev–Trinajstić information content (AvgIpc) is 2.66. The molecule has 0 spiro atoms. The van der Waals surface area contributed by atoms with Gasteiger partial charge in [-0.1, -0.05) is 67.6 Å². The molecule has 0 saturated heterocycles. The molecule has 0 aliphatic heterocycles. The molecular formula is C26H26O2. The van der Waals surface area contributed by atoms with Gasteiger partial charge < -0.3 is 5.11 Å². The maximum atomic E-state index is 11.3. The zero-order valence-corrected chi connectivity index (χ0v) is 16.8. The molecule has 0 radical (unpaired) electrons. The van der Waals surface area contributed by atoms with Crippen LogP contribution in [0.15, 0.2) is 66.3 Å². The minimum absolute atomic E-state index is 0.0929. The Morgan fingerprint density at radius 3 is 2.54 bits per heavy atom. The SMILES string of the molecule is Cc1ccc(C2=C(/C=C/C#Cc3ccccc3C(=O)O)C(C)(C)CCC2)cc1. The van der Waals surface area contributed by atoms with Gasteiger partial charge in [0.25, 0.3) is 0 Å². The molecule has 1 aliphatic rings. The van der Waals surface area contributed by atoms with Gasteiger partial charge in [-0.15, -0.1) is 0 Å². The Morgan fingerprint density at radius 1 is 1.11 bits per heavy atom. The fourth-order valence-corrected chi connectivity index (χ4v) is 3.79. The molecule has 1 aliphatic carbocycles. The highest BCUT2D eigenvalue weighted by Gasteiger charge is 2.28. The molecule has 0 unspecified atom stereocenters. The summed E-state index contributed by atoms with van der Waals surface area (Å²) in [5.74, 6) is 5.07. The Bertz CT molecular complexity index is 993. The minimum atomic E-state index is -0.952.